The molecule has 2 aromatic rings. The fourth-order valence-corrected chi connectivity index (χ4v) is 5.05. The van der Waals surface area contributed by atoms with Crippen molar-refractivity contribution in [2.24, 2.45) is 5.41 Å². The quantitative estimate of drug-likeness (QED) is 0.783. The van der Waals surface area contributed by atoms with Gasteiger partial charge in [0.25, 0.3) is 0 Å². The standard InChI is InChI=1S/C24H26N2O5/c27-22-14-24(16-26(22)19-4-2-18(3-5-19)23(28)29)7-9-25(10-8-24)15-17-1-6-20-21(13-17)31-12-11-30-20/h1-6,13H,7-12,14-16H2,(H,28,29)/p+1. The Bertz CT molecular complexity index is 996. The average Bonchev–Trinajstić information content (AvgIpc) is 3.11. The van der Waals surface area contributed by atoms with Crippen molar-refractivity contribution in [1.29, 1.82) is 0 Å². The van der Waals surface area contributed by atoms with Crippen LogP contribution in [-0.2, 0) is 11.3 Å². The smallest absolute Gasteiger partial charge is 0.335 e. The number of benzene rings is 2. The summed E-state index contributed by atoms with van der Waals surface area (Å²) >= 11 is 0. The maximum atomic E-state index is 12.8. The topological polar surface area (TPSA) is 80.5 Å². The first-order chi connectivity index (χ1) is 15.0. The second-order valence-corrected chi connectivity index (χ2v) is 8.91. The van der Waals surface area contributed by atoms with Gasteiger partial charge >= 0.3 is 5.97 Å². The van der Waals surface area contributed by atoms with Crippen LogP contribution in [0.4, 0.5) is 5.69 Å². The van der Waals surface area contributed by atoms with Crippen LogP contribution in [0.15, 0.2) is 42.5 Å². The molecule has 7 heteroatoms. The highest BCUT2D eigenvalue weighted by Crippen LogP contribution is 2.40. The first kappa shape index (κ1) is 19.9. The van der Waals surface area contributed by atoms with Gasteiger partial charge in [-0.2, -0.15) is 0 Å². The number of carbonyl (C=O) groups excluding carboxylic acids is 1. The Morgan fingerprint density at radius 2 is 1.74 bits per heavy atom. The van der Waals surface area contributed by atoms with Crippen LogP contribution >= 0.6 is 0 Å². The second kappa shape index (κ2) is 7.89. The van der Waals surface area contributed by atoms with Crippen molar-refractivity contribution in [3.8, 4) is 11.5 Å². The van der Waals surface area contributed by atoms with Crippen LogP contribution < -0.4 is 19.3 Å². The highest BCUT2D eigenvalue weighted by atomic mass is 16.6. The van der Waals surface area contributed by atoms with Crippen molar-refractivity contribution in [3.05, 3.63) is 53.6 Å². The van der Waals surface area contributed by atoms with Gasteiger partial charge in [-0.3, -0.25) is 4.79 Å². The number of piperidine rings is 1. The third-order valence-corrected chi connectivity index (χ3v) is 6.83. The SMILES string of the molecule is O=C(O)c1ccc(N2CC3(CC[NH+](Cc4ccc5c(c4)OCCO5)CC3)CC2=O)cc1. The summed E-state index contributed by atoms with van der Waals surface area (Å²) in [5.41, 5.74) is 2.30. The molecule has 2 aromatic carbocycles. The van der Waals surface area contributed by atoms with Crippen LogP contribution in [0.25, 0.3) is 0 Å². The predicted molar refractivity (Wildman–Crippen MR) is 114 cm³/mol. The zero-order valence-corrected chi connectivity index (χ0v) is 17.4. The van der Waals surface area contributed by atoms with Crippen molar-refractivity contribution in [1.82, 2.24) is 0 Å². The number of carbonyl (C=O) groups is 2. The Morgan fingerprint density at radius 1 is 1.03 bits per heavy atom. The number of anilines is 1. The van der Waals surface area contributed by atoms with E-state index in [1.165, 1.54) is 10.5 Å². The molecule has 31 heavy (non-hydrogen) atoms. The van der Waals surface area contributed by atoms with E-state index in [-0.39, 0.29) is 16.9 Å². The summed E-state index contributed by atoms with van der Waals surface area (Å²) in [5, 5.41) is 9.08. The number of amides is 1. The molecule has 2 N–H and O–H groups in total. The molecule has 7 nitrogen and oxygen atoms in total. The maximum absolute atomic E-state index is 12.8. The third kappa shape index (κ3) is 3.97. The molecule has 3 aliphatic heterocycles. The van der Waals surface area contributed by atoms with E-state index in [9.17, 15) is 9.59 Å². The average molecular weight is 423 g/mol. The number of hydrogen-bond donors (Lipinski definition) is 2. The zero-order chi connectivity index (χ0) is 21.4. The summed E-state index contributed by atoms with van der Waals surface area (Å²) < 4.78 is 11.3. The highest BCUT2D eigenvalue weighted by molar-refractivity contribution is 5.97. The largest absolute Gasteiger partial charge is 0.486 e. The molecule has 3 aliphatic rings. The molecular weight excluding hydrogens is 396 g/mol. The van der Waals surface area contributed by atoms with E-state index in [0.717, 1.165) is 56.2 Å². The summed E-state index contributed by atoms with van der Waals surface area (Å²) in [5.74, 6) is 0.841. The molecule has 1 amide bonds. The normalized spacial score (nSPS) is 25.1. The van der Waals surface area contributed by atoms with Crippen LogP contribution in [0, 0.1) is 5.41 Å². The first-order valence-corrected chi connectivity index (χ1v) is 10.9. The number of nitrogens with one attached hydrogen (secondary N) is 1. The summed E-state index contributed by atoms with van der Waals surface area (Å²) in [6.45, 7) is 4.93. The fraction of sp³-hybridized carbons (Fsp3) is 0.417. The molecule has 0 atom stereocenters. The fourth-order valence-electron chi connectivity index (χ4n) is 5.05. The van der Waals surface area contributed by atoms with E-state index in [1.807, 2.05) is 11.0 Å². The van der Waals surface area contributed by atoms with Gasteiger partial charge in [0.2, 0.25) is 5.91 Å². The van der Waals surface area contributed by atoms with Gasteiger partial charge in [0.05, 0.1) is 18.7 Å². The molecule has 162 valence electrons. The third-order valence-electron chi connectivity index (χ3n) is 6.83. The highest BCUT2D eigenvalue weighted by Gasteiger charge is 2.46. The second-order valence-electron chi connectivity index (χ2n) is 8.91. The summed E-state index contributed by atoms with van der Waals surface area (Å²) in [7, 11) is 0. The number of aromatic carboxylic acids is 1. The minimum Gasteiger partial charge on any atom is -0.486 e. The Hall–Kier alpha value is -3.06. The van der Waals surface area contributed by atoms with E-state index in [2.05, 4.69) is 12.1 Å². The summed E-state index contributed by atoms with van der Waals surface area (Å²) in [6.07, 6.45) is 2.61. The summed E-state index contributed by atoms with van der Waals surface area (Å²) in [6, 6.07) is 12.8. The molecular formula is C24H27N2O5+. The van der Waals surface area contributed by atoms with Gasteiger partial charge in [-0.25, -0.2) is 4.79 Å². The van der Waals surface area contributed by atoms with Crippen molar-refractivity contribution in [2.45, 2.75) is 25.8 Å². The van der Waals surface area contributed by atoms with Crippen LogP contribution in [0.3, 0.4) is 0 Å². The maximum Gasteiger partial charge on any atom is 0.335 e. The van der Waals surface area contributed by atoms with Crippen LogP contribution in [0.5, 0.6) is 11.5 Å². The molecule has 3 heterocycles. The van der Waals surface area contributed by atoms with Crippen molar-refractivity contribution in [3.63, 3.8) is 0 Å². The Morgan fingerprint density at radius 3 is 2.45 bits per heavy atom. The van der Waals surface area contributed by atoms with Gasteiger partial charge < -0.3 is 24.4 Å². The van der Waals surface area contributed by atoms with Gasteiger partial charge in [-0.15, -0.1) is 0 Å². The molecule has 0 radical (unpaired) electrons. The first-order valence-electron chi connectivity index (χ1n) is 10.9. The van der Waals surface area contributed by atoms with Gasteiger partial charge in [-0.05, 0) is 42.5 Å². The van der Waals surface area contributed by atoms with E-state index >= 15 is 0 Å². The molecule has 2 saturated heterocycles. The molecule has 0 aliphatic carbocycles. The molecule has 5 rings (SSSR count). The van der Waals surface area contributed by atoms with Gasteiger partial charge in [0, 0.05) is 42.5 Å². The Labute approximate surface area is 181 Å². The lowest BCUT2D eigenvalue weighted by Gasteiger charge is -2.36. The number of rotatable bonds is 4. The molecule has 0 saturated carbocycles. The molecule has 0 unspecified atom stereocenters. The van der Waals surface area contributed by atoms with Gasteiger partial charge in [0.15, 0.2) is 11.5 Å². The number of quaternary nitrogens is 1. The van der Waals surface area contributed by atoms with Crippen LogP contribution in [0.2, 0.25) is 0 Å². The molecule has 2 fully saturated rings. The monoisotopic (exact) mass is 423 g/mol. The Kier molecular flexibility index (Phi) is 5.06. The number of fused-ring (bicyclic) bond motifs is 1. The van der Waals surface area contributed by atoms with E-state index < -0.39 is 5.97 Å². The molecule has 0 bridgehead atoms. The lowest BCUT2D eigenvalue weighted by Crippen LogP contribution is -3.12. The van der Waals surface area contributed by atoms with E-state index in [0.29, 0.717) is 19.6 Å². The number of hydrogen-bond acceptors (Lipinski definition) is 4. The minimum absolute atomic E-state index is 0.0266. The van der Waals surface area contributed by atoms with Crippen molar-refractivity contribution < 1.29 is 29.1 Å². The lowest BCUT2D eigenvalue weighted by atomic mass is 9.77. The van der Waals surface area contributed by atoms with Gasteiger partial charge in [-0.1, -0.05) is 0 Å². The number of nitrogens with zero attached hydrogens (tertiary/aromatic N) is 1. The van der Waals surface area contributed by atoms with Crippen LogP contribution in [-0.4, -0.2) is 49.8 Å². The lowest BCUT2D eigenvalue weighted by molar-refractivity contribution is -0.921. The zero-order valence-electron chi connectivity index (χ0n) is 17.4. The molecule has 1 spiro atoms. The van der Waals surface area contributed by atoms with E-state index in [4.69, 9.17) is 14.6 Å². The summed E-state index contributed by atoms with van der Waals surface area (Å²) in [4.78, 5) is 27.2. The minimum atomic E-state index is -0.955. The van der Waals surface area contributed by atoms with E-state index in [1.54, 1.807) is 24.3 Å². The predicted octanol–water partition coefficient (Wildman–Crippen LogP) is 1.76. The molecule has 0 aromatic heterocycles. The number of carboxylic acids is 1. The number of likely N-dealkylation sites (tertiary alicyclic amines) is 1. The van der Waals surface area contributed by atoms with Crippen molar-refractivity contribution >= 4 is 17.6 Å². The van der Waals surface area contributed by atoms with Crippen molar-refractivity contribution in [2.75, 3.05) is 37.7 Å². The number of carboxylic acid groups (broad SMARTS) is 1. The Balaban J connectivity index is 1.21. The number of ether oxygens (including phenoxy) is 2. The van der Waals surface area contributed by atoms with Gasteiger partial charge in [0.1, 0.15) is 19.8 Å². The van der Waals surface area contributed by atoms with Crippen LogP contribution in [0.1, 0.15) is 35.2 Å².